The van der Waals surface area contributed by atoms with E-state index in [1.165, 1.54) is 6.07 Å². The average Bonchev–Trinajstić information content (AvgIpc) is 3.71. The Hall–Kier alpha value is -3.96. The van der Waals surface area contributed by atoms with Crippen molar-refractivity contribution in [3.8, 4) is 17.2 Å². The molecular formula is C27H24F4N6O3S. The minimum absolute atomic E-state index is 0.00134. The number of sulfonamides is 1. The largest absolute Gasteiger partial charge is 0.451 e. The summed E-state index contributed by atoms with van der Waals surface area (Å²) in [7, 11) is -4.10. The van der Waals surface area contributed by atoms with Crippen LogP contribution < -0.4 is 5.32 Å². The maximum Gasteiger partial charge on any atom is 0.451 e. The monoisotopic (exact) mass is 588 g/mol. The van der Waals surface area contributed by atoms with Gasteiger partial charge in [-0.05, 0) is 62.9 Å². The topological polar surface area (TPSA) is 129 Å². The van der Waals surface area contributed by atoms with Crippen LogP contribution in [0.4, 0.5) is 17.6 Å². The lowest BCUT2D eigenvalue weighted by Gasteiger charge is -2.27. The summed E-state index contributed by atoms with van der Waals surface area (Å²) in [5.41, 5.74) is 1.49. The van der Waals surface area contributed by atoms with E-state index in [-0.39, 0.29) is 40.5 Å². The number of alkyl halides is 3. The summed E-state index contributed by atoms with van der Waals surface area (Å²) in [5, 5.41) is 12.6. The number of carbonyl (C=O) groups is 1. The van der Waals surface area contributed by atoms with E-state index < -0.39 is 45.8 Å². The fourth-order valence-corrected chi connectivity index (χ4v) is 6.80. The van der Waals surface area contributed by atoms with Crippen LogP contribution in [0.15, 0.2) is 47.6 Å². The first-order valence-corrected chi connectivity index (χ1v) is 14.2. The zero-order chi connectivity index (χ0) is 29.5. The van der Waals surface area contributed by atoms with Gasteiger partial charge in [-0.3, -0.25) is 9.78 Å². The maximum atomic E-state index is 13.4. The molecule has 3 heterocycles. The van der Waals surface area contributed by atoms with Crippen molar-refractivity contribution in [2.24, 2.45) is 0 Å². The van der Waals surface area contributed by atoms with Crippen molar-refractivity contribution >= 4 is 15.9 Å². The van der Waals surface area contributed by atoms with Crippen molar-refractivity contribution in [2.75, 3.05) is 0 Å². The molecule has 2 fully saturated rings. The van der Waals surface area contributed by atoms with Gasteiger partial charge in [0.15, 0.2) is 0 Å². The lowest BCUT2D eigenvalue weighted by molar-refractivity contribution is -0.145. The maximum absolute atomic E-state index is 13.4. The predicted octanol–water partition coefficient (Wildman–Crippen LogP) is 4.30. The molecule has 2 atom stereocenters. The SMILES string of the molecule is CC1CC[C@@H](C(=O)NCc2cc(-c3cnc(C(F)(F)F)nc3)c(C#N)c(C3CC3)n2)N1S(=O)(=O)c1ccc(F)cc1. The van der Waals surface area contributed by atoms with Crippen molar-refractivity contribution in [3.05, 3.63) is 71.3 Å². The molecule has 1 saturated heterocycles. The van der Waals surface area contributed by atoms with Crippen LogP contribution >= 0.6 is 0 Å². The van der Waals surface area contributed by atoms with Gasteiger partial charge >= 0.3 is 6.18 Å². The predicted molar refractivity (Wildman–Crippen MR) is 137 cm³/mol. The van der Waals surface area contributed by atoms with Crippen molar-refractivity contribution in [1.82, 2.24) is 24.6 Å². The number of halogens is 4. The number of benzene rings is 1. The van der Waals surface area contributed by atoms with E-state index in [2.05, 4.69) is 26.3 Å². The number of hydrogen-bond donors (Lipinski definition) is 1. The van der Waals surface area contributed by atoms with Crippen LogP contribution in [-0.4, -0.2) is 45.7 Å². The molecule has 214 valence electrons. The molecule has 1 N–H and O–H groups in total. The molecule has 9 nitrogen and oxygen atoms in total. The first-order valence-electron chi connectivity index (χ1n) is 12.8. The second-order valence-corrected chi connectivity index (χ2v) is 11.9. The summed E-state index contributed by atoms with van der Waals surface area (Å²) in [6.07, 6.45) is -0.452. The highest BCUT2D eigenvalue weighted by Crippen LogP contribution is 2.43. The van der Waals surface area contributed by atoms with E-state index in [4.69, 9.17) is 0 Å². The average molecular weight is 589 g/mol. The summed E-state index contributed by atoms with van der Waals surface area (Å²) in [5.74, 6) is -2.45. The molecule has 3 aromatic rings. The lowest BCUT2D eigenvalue weighted by atomic mass is 9.98. The fraction of sp³-hybridized carbons (Fsp3) is 0.370. The van der Waals surface area contributed by atoms with Gasteiger partial charge in [-0.15, -0.1) is 0 Å². The number of nitrogens with one attached hydrogen (secondary N) is 1. The standard InChI is InChI=1S/C27H24F4N6O3S/c1-15-2-9-23(37(15)41(39,40)20-7-5-18(28)6-8-20)25(38)33-14-19-10-21(22(11-32)24(36-19)16-3-4-16)17-12-34-26(35-13-17)27(29,30)31/h5-8,10,12-13,15-16,23H,2-4,9,14H2,1H3,(H,33,38)/t15?,23-/m0/s1. The Labute approximate surface area is 233 Å². The third kappa shape index (κ3) is 5.77. The molecule has 0 radical (unpaired) electrons. The summed E-state index contributed by atoms with van der Waals surface area (Å²) in [6, 6.07) is 6.47. The van der Waals surface area contributed by atoms with Gasteiger partial charge in [0.25, 0.3) is 0 Å². The molecule has 0 bridgehead atoms. The second kappa shape index (κ2) is 10.8. The first-order chi connectivity index (χ1) is 19.4. The highest BCUT2D eigenvalue weighted by atomic mass is 32.2. The third-order valence-corrected chi connectivity index (χ3v) is 9.16. The Balaban J connectivity index is 1.40. The minimum atomic E-state index is -4.72. The van der Waals surface area contributed by atoms with Gasteiger partial charge in [0.1, 0.15) is 17.9 Å². The number of nitriles is 1. The normalized spacial score (nSPS) is 19.6. The number of carbonyl (C=O) groups excluding carboxylic acids is 1. The van der Waals surface area contributed by atoms with Crippen LogP contribution in [0.1, 0.15) is 61.3 Å². The van der Waals surface area contributed by atoms with Crippen molar-refractivity contribution in [2.45, 2.75) is 68.2 Å². The highest BCUT2D eigenvalue weighted by molar-refractivity contribution is 7.89. The van der Waals surface area contributed by atoms with Gasteiger partial charge in [0, 0.05) is 35.5 Å². The Kier molecular flexibility index (Phi) is 7.52. The Morgan fingerprint density at radius 3 is 2.37 bits per heavy atom. The molecule has 5 rings (SSSR count). The molecule has 1 aromatic carbocycles. The van der Waals surface area contributed by atoms with E-state index in [1.807, 2.05) is 0 Å². The number of aromatic nitrogens is 3. The molecule has 1 saturated carbocycles. The lowest BCUT2D eigenvalue weighted by Crippen LogP contribution is -2.48. The van der Waals surface area contributed by atoms with Crippen LogP contribution in [0, 0.1) is 17.1 Å². The molecule has 0 spiro atoms. The van der Waals surface area contributed by atoms with Gasteiger partial charge < -0.3 is 5.32 Å². The fourth-order valence-electron chi connectivity index (χ4n) is 4.96. The second-order valence-electron chi connectivity index (χ2n) is 10.0. The first kappa shape index (κ1) is 28.6. The van der Waals surface area contributed by atoms with Crippen LogP contribution in [0.5, 0.6) is 0 Å². The Morgan fingerprint density at radius 2 is 1.78 bits per heavy atom. The zero-order valence-electron chi connectivity index (χ0n) is 21.7. The highest BCUT2D eigenvalue weighted by Gasteiger charge is 2.43. The summed E-state index contributed by atoms with van der Waals surface area (Å²) >= 11 is 0. The summed E-state index contributed by atoms with van der Waals surface area (Å²) < 4.78 is 80.1. The van der Waals surface area contributed by atoms with Crippen molar-refractivity contribution < 1.29 is 30.8 Å². The molecule has 1 unspecified atom stereocenters. The number of amides is 1. The molecule has 2 aliphatic rings. The van der Waals surface area contributed by atoms with Crippen LogP contribution in [0.25, 0.3) is 11.1 Å². The molecule has 2 aromatic heterocycles. The van der Waals surface area contributed by atoms with Gasteiger partial charge in [0.05, 0.1) is 28.4 Å². The Morgan fingerprint density at radius 1 is 1.12 bits per heavy atom. The van der Waals surface area contributed by atoms with E-state index in [0.29, 0.717) is 17.8 Å². The number of nitrogens with zero attached hydrogens (tertiary/aromatic N) is 5. The van der Waals surface area contributed by atoms with Gasteiger partial charge in [0.2, 0.25) is 21.8 Å². The van der Waals surface area contributed by atoms with E-state index in [0.717, 1.165) is 53.8 Å². The molecule has 14 heteroatoms. The van der Waals surface area contributed by atoms with E-state index >= 15 is 0 Å². The summed E-state index contributed by atoms with van der Waals surface area (Å²) in [4.78, 5) is 24.5. The summed E-state index contributed by atoms with van der Waals surface area (Å²) in [6.45, 7) is 1.57. The van der Waals surface area contributed by atoms with Gasteiger partial charge in [-0.2, -0.15) is 22.7 Å². The molecular weight excluding hydrogens is 564 g/mol. The van der Waals surface area contributed by atoms with Crippen LogP contribution in [-0.2, 0) is 27.5 Å². The van der Waals surface area contributed by atoms with Crippen LogP contribution in [0.2, 0.25) is 0 Å². The Bertz CT molecular complexity index is 1620. The number of rotatable bonds is 7. The smallest absolute Gasteiger partial charge is 0.349 e. The van der Waals surface area contributed by atoms with Crippen molar-refractivity contribution in [3.63, 3.8) is 0 Å². The number of hydrogen-bond acceptors (Lipinski definition) is 7. The zero-order valence-corrected chi connectivity index (χ0v) is 22.5. The van der Waals surface area contributed by atoms with Gasteiger partial charge in [-0.25, -0.2) is 22.8 Å². The molecule has 1 aliphatic heterocycles. The molecule has 1 aliphatic carbocycles. The van der Waals surface area contributed by atoms with Gasteiger partial charge in [-0.1, -0.05) is 0 Å². The molecule has 41 heavy (non-hydrogen) atoms. The minimum Gasteiger partial charge on any atom is -0.349 e. The molecule has 1 amide bonds. The quantitative estimate of drug-likeness (QED) is 0.408. The van der Waals surface area contributed by atoms with E-state index in [1.54, 1.807) is 6.92 Å². The number of pyridine rings is 1. The van der Waals surface area contributed by atoms with Crippen molar-refractivity contribution in [1.29, 1.82) is 5.26 Å². The van der Waals surface area contributed by atoms with E-state index in [9.17, 15) is 36.0 Å². The third-order valence-electron chi connectivity index (χ3n) is 7.13. The van der Waals surface area contributed by atoms with Crippen LogP contribution in [0.3, 0.4) is 0 Å².